The van der Waals surface area contributed by atoms with Crippen LogP contribution in [0, 0.1) is 24.7 Å². The van der Waals surface area contributed by atoms with E-state index in [4.69, 9.17) is 16.3 Å². The van der Waals surface area contributed by atoms with Gasteiger partial charge in [-0.2, -0.15) is 0 Å². The molecule has 222 valence electrons. The van der Waals surface area contributed by atoms with Crippen LogP contribution in [0.2, 0.25) is 5.02 Å². The number of ether oxygens (including phenoxy) is 1. The van der Waals surface area contributed by atoms with Gasteiger partial charge in [-0.25, -0.2) is 0 Å². The Balaban J connectivity index is 1.63. The molecule has 0 radical (unpaired) electrons. The van der Waals surface area contributed by atoms with Crippen molar-refractivity contribution in [2.75, 3.05) is 36.0 Å². The predicted molar refractivity (Wildman–Crippen MR) is 163 cm³/mol. The summed E-state index contributed by atoms with van der Waals surface area (Å²) < 4.78 is 6.86. The molecule has 2 aromatic carbocycles. The SMILES string of the molecule is C=CCN(C(=O)[C@@H]1[C@H]2C(=O)N(CCO)C(C(=O)N(CC=C)c3c(C)cccc3Cl)C23CC(C)[C@@]1(C)O3)c1ccccc1. The summed E-state index contributed by atoms with van der Waals surface area (Å²) in [6.07, 6.45) is 3.68. The first kappa shape index (κ1) is 30.0. The Hall–Kier alpha value is -3.46. The van der Waals surface area contributed by atoms with Crippen LogP contribution in [0.4, 0.5) is 11.4 Å². The first-order valence-electron chi connectivity index (χ1n) is 14.3. The van der Waals surface area contributed by atoms with Gasteiger partial charge in [0.2, 0.25) is 11.8 Å². The quantitative estimate of drug-likeness (QED) is 0.414. The van der Waals surface area contributed by atoms with Crippen molar-refractivity contribution in [3.05, 3.63) is 84.4 Å². The highest BCUT2D eigenvalue weighted by molar-refractivity contribution is 6.34. The standard InChI is InChI=1S/C33H38ClN3O5/c1-6-16-35(23-13-9-8-10-14-23)29(39)25-26-30(40)37(18-19-38)28(33(26)20-22(4)32(25,5)42-33)31(41)36(17-7-2)27-21(3)12-11-15-24(27)34/h6-15,22,25-26,28,38H,1-2,16-20H2,3-5H3/t22?,25-,26-,28?,32+,33?/m0/s1. The number of fused-ring (bicyclic) bond motifs is 1. The van der Waals surface area contributed by atoms with Crippen LogP contribution in [0.25, 0.3) is 0 Å². The summed E-state index contributed by atoms with van der Waals surface area (Å²) in [5, 5.41) is 10.4. The first-order valence-corrected chi connectivity index (χ1v) is 14.7. The number of para-hydroxylation sites is 2. The van der Waals surface area contributed by atoms with E-state index < -0.39 is 29.1 Å². The summed E-state index contributed by atoms with van der Waals surface area (Å²) >= 11 is 6.62. The van der Waals surface area contributed by atoms with Gasteiger partial charge >= 0.3 is 0 Å². The second-order valence-electron chi connectivity index (χ2n) is 11.7. The van der Waals surface area contributed by atoms with E-state index >= 15 is 0 Å². The predicted octanol–water partition coefficient (Wildman–Crippen LogP) is 4.39. The molecule has 1 N–H and O–H groups in total. The highest BCUT2D eigenvalue weighted by Gasteiger charge is 2.80. The summed E-state index contributed by atoms with van der Waals surface area (Å²) in [4.78, 5) is 48.1. The van der Waals surface area contributed by atoms with Gasteiger partial charge in [-0.1, -0.05) is 61.0 Å². The van der Waals surface area contributed by atoms with Crippen molar-refractivity contribution >= 4 is 40.7 Å². The van der Waals surface area contributed by atoms with Gasteiger partial charge in [0.15, 0.2) is 0 Å². The van der Waals surface area contributed by atoms with Crippen LogP contribution in [0.5, 0.6) is 0 Å². The molecule has 2 aromatic rings. The Morgan fingerprint density at radius 2 is 1.76 bits per heavy atom. The average Bonchev–Trinajstić information content (AvgIpc) is 3.47. The Bertz CT molecular complexity index is 1400. The van der Waals surface area contributed by atoms with Crippen LogP contribution in [0.15, 0.2) is 73.8 Å². The molecular formula is C33H38ClN3O5. The Morgan fingerprint density at radius 1 is 1.10 bits per heavy atom. The number of aliphatic hydroxyl groups is 1. The molecule has 0 aliphatic carbocycles. The van der Waals surface area contributed by atoms with Gasteiger partial charge in [0.25, 0.3) is 5.91 Å². The number of anilines is 2. The zero-order valence-corrected chi connectivity index (χ0v) is 25.1. The van der Waals surface area contributed by atoms with Crippen LogP contribution in [-0.4, -0.2) is 71.2 Å². The number of carbonyl (C=O) groups excluding carboxylic acids is 3. The molecule has 3 amide bonds. The fraction of sp³-hybridized carbons (Fsp3) is 0.424. The molecule has 3 saturated heterocycles. The van der Waals surface area contributed by atoms with Crippen LogP contribution >= 0.6 is 11.6 Å². The molecule has 1 spiro atoms. The lowest BCUT2D eigenvalue weighted by Gasteiger charge is -2.39. The fourth-order valence-electron chi connectivity index (χ4n) is 7.50. The number of halogens is 1. The number of aliphatic hydroxyl groups excluding tert-OH is 1. The highest BCUT2D eigenvalue weighted by atomic mass is 35.5. The van der Waals surface area contributed by atoms with E-state index in [-0.39, 0.29) is 49.9 Å². The van der Waals surface area contributed by atoms with Gasteiger partial charge < -0.3 is 24.5 Å². The second-order valence-corrected chi connectivity index (χ2v) is 12.1. The second kappa shape index (κ2) is 11.3. The number of aryl methyl sites for hydroxylation is 1. The zero-order valence-electron chi connectivity index (χ0n) is 24.3. The molecule has 3 aliphatic heterocycles. The normalized spacial score (nSPS) is 29.4. The number of hydrogen-bond acceptors (Lipinski definition) is 5. The lowest BCUT2D eigenvalue weighted by Crippen LogP contribution is -2.57. The number of rotatable bonds is 10. The van der Waals surface area contributed by atoms with Gasteiger partial charge in [-0.3, -0.25) is 14.4 Å². The van der Waals surface area contributed by atoms with Crippen LogP contribution in [0.3, 0.4) is 0 Å². The molecule has 0 aromatic heterocycles. The van der Waals surface area contributed by atoms with E-state index in [1.54, 1.807) is 23.1 Å². The number of hydrogen-bond donors (Lipinski definition) is 1. The van der Waals surface area contributed by atoms with Crippen LogP contribution in [-0.2, 0) is 19.1 Å². The summed E-state index contributed by atoms with van der Waals surface area (Å²) in [6, 6.07) is 13.6. The average molecular weight is 592 g/mol. The molecule has 9 heteroatoms. The van der Waals surface area contributed by atoms with Crippen LogP contribution in [0.1, 0.15) is 25.8 Å². The third kappa shape index (κ3) is 4.39. The minimum Gasteiger partial charge on any atom is -0.395 e. The van der Waals surface area contributed by atoms with Crippen molar-refractivity contribution in [1.82, 2.24) is 4.90 Å². The number of amides is 3. The van der Waals surface area contributed by atoms with E-state index in [1.807, 2.05) is 63.2 Å². The zero-order chi connectivity index (χ0) is 30.4. The maximum atomic E-state index is 14.7. The van der Waals surface area contributed by atoms with Crippen LogP contribution < -0.4 is 9.80 Å². The number of nitrogens with zero attached hydrogens (tertiary/aromatic N) is 3. The summed E-state index contributed by atoms with van der Waals surface area (Å²) in [5.74, 6) is -2.87. The van der Waals surface area contributed by atoms with E-state index in [2.05, 4.69) is 13.2 Å². The Labute approximate surface area is 252 Å². The number of benzene rings is 2. The fourth-order valence-corrected chi connectivity index (χ4v) is 7.83. The lowest BCUT2D eigenvalue weighted by atomic mass is 9.62. The summed E-state index contributed by atoms with van der Waals surface area (Å²) in [6.45, 7) is 13.4. The van der Waals surface area contributed by atoms with Gasteiger partial charge in [-0.05, 0) is 49.9 Å². The smallest absolute Gasteiger partial charge is 0.253 e. The molecule has 5 rings (SSSR count). The van der Waals surface area contributed by atoms with Crippen molar-refractivity contribution in [3.8, 4) is 0 Å². The first-order chi connectivity index (χ1) is 20.1. The topological polar surface area (TPSA) is 90.4 Å². The molecule has 42 heavy (non-hydrogen) atoms. The van der Waals surface area contributed by atoms with Gasteiger partial charge in [0, 0.05) is 25.3 Å². The molecule has 3 fully saturated rings. The van der Waals surface area contributed by atoms with E-state index in [0.717, 1.165) is 5.56 Å². The van der Waals surface area contributed by atoms with Crippen molar-refractivity contribution in [3.63, 3.8) is 0 Å². The van der Waals surface area contributed by atoms with Gasteiger partial charge in [0.05, 0.1) is 34.8 Å². The monoisotopic (exact) mass is 591 g/mol. The Kier molecular flexibility index (Phi) is 8.09. The lowest BCUT2D eigenvalue weighted by molar-refractivity contribution is -0.146. The van der Waals surface area contributed by atoms with E-state index in [1.165, 1.54) is 9.80 Å². The molecular weight excluding hydrogens is 554 g/mol. The molecule has 6 atom stereocenters. The minimum absolute atomic E-state index is 0.0681. The third-order valence-electron chi connectivity index (χ3n) is 9.34. The molecule has 3 aliphatic rings. The van der Waals surface area contributed by atoms with E-state index in [9.17, 15) is 19.5 Å². The molecule has 3 unspecified atom stereocenters. The maximum absolute atomic E-state index is 14.7. The summed E-state index contributed by atoms with van der Waals surface area (Å²) in [5.41, 5.74) is -0.243. The van der Waals surface area contributed by atoms with Crippen molar-refractivity contribution in [1.29, 1.82) is 0 Å². The van der Waals surface area contributed by atoms with Crippen molar-refractivity contribution < 1.29 is 24.2 Å². The molecule has 3 heterocycles. The molecule has 0 saturated carbocycles. The largest absolute Gasteiger partial charge is 0.395 e. The van der Waals surface area contributed by atoms with Crippen molar-refractivity contribution in [2.45, 2.75) is 44.4 Å². The Morgan fingerprint density at radius 3 is 2.38 bits per heavy atom. The third-order valence-corrected chi connectivity index (χ3v) is 9.64. The minimum atomic E-state index is -1.26. The van der Waals surface area contributed by atoms with Gasteiger partial charge in [0.1, 0.15) is 11.6 Å². The summed E-state index contributed by atoms with van der Waals surface area (Å²) in [7, 11) is 0. The van der Waals surface area contributed by atoms with Crippen molar-refractivity contribution in [2.24, 2.45) is 17.8 Å². The molecule has 8 nitrogen and oxygen atoms in total. The number of likely N-dealkylation sites (tertiary alicyclic amines) is 1. The van der Waals surface area contributed by atoms with E-state index in [0.29, 0.717) is 22.8 Å². The number of β-amino-alcohol motifs (C(OH)–C–C–N with tert-alkyl or cyclic N) is 1. The maximum Gasteiger partial charge on any atom is 0.253 e. The molecule has 2 bridgehead atoms. The van der Waals surface area contributed by atoms with Gasteiger partial charge in [-0.15, -0.1) is 13.2 Å². The number of carbonyl (C=O) groups is 3. The highest BCUT2D eigenvalue weighted by Crippen LogP contribution is 2.65.